The lowest BCUT2D eigenvalue weighted by Crippen LogP contribution is -2.27. The number of carboxylic acid groups (broad SMARTS) is 1. The molecule has 1 fully saturated rings. The number of ketones is 1. The van der Waals surface area contributed by atoms with Crippen molar-refractivity contribution in [2.75, 3.05) is 6.54 Å². The van der Waals surface area contributed by atoms with Crippen LogP contribution >= 0.6 is 0 Å². The maximum atomic E-state index is 14.6. The number of carbonyl (C=O) groups excluding carboxylic acids is 2. The Morgan fingerprint density at radius 3 is 2.40 bits per heavy atom. The van der Waals surface area contributed by atoms with Gasteiger partial charge in [0, 0.05) is 24.6 Å². The molecule has 0 saturated heterocycles. The first-order chi connectivity index (χ1) is 16.9. The van der Waals surface area contributed by atoms with Gasteiger partial charge in [0.05, 0.1) is 17.6 Å². The minimum absolute atomic E-state index is 0.00667. The third kappa shape index (κ3) is 6.23. The molecule has 0 spiro atoms. The summed E-state index contributed by atoms with van der Waals surface area (Å²) in [4.78, 5) is 35.9. The molecular formula is C28H28FNO5. The Kier molecular flexibility index (Phi) is 7.75. The molecule has 4 rings (SSSR count). The second-order valence-corrected chi connectivity index (χ2v) is 8.92. The molecule has 0 unspecified atom stereocenters. The number of carboxylic acids is 1. The predicted molar refractivity (Wildman–Crippen MR) is 130 cm³/mol. The number of hydrogen-bond acceptors (Lipinski definition) is 4. The summed E-state index contributed by atoms with van der Waals surface area (Å²) in [5.74, 6) is -1.99. The molecule has 7 heteroatoms. The molecule has 0 heterocycles. The maximum Gasteiger partial charge on any atom is 0.306 e. The Hall–Kier alpha value is -3.74. The normalized spacial score (nSPS) is 17.6. The lowest BCUT2D eigenvalue weighted by atomic mass is 9.87. The minimum atomic E-state index is -0.786. The summed E-state index contributed by atoms with van der Waals surface area (Å²) >= 11 is 0. The first-order valence-corrected chi connectivity index (χ1v) is 11.9. The van der Waals surface area contributed by atoms with Gasteiger partial charge in [-0.15, -0.1) is 0 Å². The molecule has 1 aliphatic rings. The highest BCUT2D eigenvalue weighted by atomic mass is 19.1. The molecule has 35 heavy (non-hydrogen) atoms. The Morgan fingerprint density at radius 2 is 1.69 bits per heavy atom. The molecule has 2 N–H and O–H groups in total. The van der Waals surface area contributed by atoms with E-state index in [0.717, 1.165) is 10.8 Å². The van der Waals surface area contributed by atoms with Crippen LogP contribution < -0.4 is 10.1 Å². The van der Waals surface area contributed by atoms with Gasteiger partial charge < -0.3 is 15.2 Å². The number of fused-ring (bicyclic) bond motifs is 1. The van der Waals surface area contributed by atoms with Crippen molar-refractivity contribution in [2.45, 2.75) is 44.6 Å². The fraction of sp³-hybridized carbons (Fsp3) is 0.321. The van der Waals surface area contributed by atoms with Gasteiger partial charge in [-0.3, -0.25) is 14.4 Å². The molecule has 1 saturated carbocycles. The van der Waals surface area contributed by atoms with E-state index in [0.29, 0.717) is 50.0 Å². The summed E-state index contributed by atoms with van der Waals surface area (Å²) in [6, 6.07) is 17.5. The van der Waals surface area contributed by atoms with Gasteiger partial charge in [-0.1, -0.05) is 30.3 Å². The van der Waals surface area contributed by atoms with E-state index in [4.69, 9.17) is 9.84 Å². The summed E-state index contributed by atoms with van der Waals surface area (Å²) in [7, 11) is 0. The highest BCUT2D eigenvalue weighted by molar-refractivity contribution is 5.99. The summed E-state index contributed by atoms with van der Waals surface area (Å²) < 4.78 is 20.4. The van der Waals surface area contributed by atoms with E-state index in [1.54, 1.807) is 12.1 Å². The fourth-order valence-corrected chi connectivity index (χ4v) is 4.43. The van der Waals surface area contributed by atoms with Crippen molar-refractivity contribution >= 4 is 28.4 Å². The molecule has 3 aromatic rings. The zero-order chi connectivity index (χ0) is 24.8. The SMILES string of the molecule is O=C(NCCCC(=O)c1ccc(OC2CCC(C(=O)O)CC2)cc1F)c1ccc2ccccc2c1. The standard InChI is InChI=1S/C28H28FNO5/c29-25-17-23(35-22-11-9-19(10-12-22)28(33)34)13-14-24(25)26(31)6-3-15-30-27(32)21-8-7-18-4-1-2-5-20(18)16-21/h1-2,4-5,7-8,13-14,16-17,19,22H,3,6,9-12,15H2,(H,30,32)(H,33,34). The van der Waals surface area contributed by atoms with Crippen LogP contribution in [0, 0.1) is 11.7 Å². The molecular weight excluding hydrogens is 449 g/mol. The summed E-state index contributed by atoms with van der Waals surface area (Å²) in [6.07, 6.45) is 2.62. The number of carbonyl (C=O) groups is 3. The molecule has 1 amide bonds. The van der Waals surface area contributed by atoms with Crippen molar-refractivity contribution in [3.8, 4) is 5.75 Å². The Bertz CT molecular complexity index is 1230. The predicted octanol–water partition coefficient (Wildman–Crippen LogP) is 5.39. The summed E-state index contributed by atoms with van der Waals surface area (Å²) in [6.45, 7) is 0.305. The summed E-state index contributed by atoms with van der Waals surface area (Å²) in [5.41, 5.74) is 0.542. The zero-order valence-electron chi connectivity index (χ0n) is 19.3. The lowest BCUT2D eigenvalue weighted by Gasteiger charge is -2.26. The number of halogens is 1. The van der Waals surface area contributed by atoms with E-state index in [-0.39, 0.29) is 35.7 Å². The van der Waals surface area contributed by atoms with Gasteiger partial charge in [0.1, 0.15) is 11.6 Å². The van der Waals surface area contributed by atoms with Gasteiger partial charge in [-0.05, 0) is 67.1 Å². The molecule has 0 bridgehead atoms. The molecule has 0 radical (unpaired) electrons. The van der Waals surface area contributed by atoms with E-state index in [1.807, 2.05) is 36.4 Å². The fourth-order valence-electron chi connectivity index (χ4n) is 4.43. The minimum Gasteiger partial charge on any atom is -0.490 e. The zero-order valence-corrected chi connectivity index (χ0v) is 19.3. The van der Waals surface area contributed by atoms with Crippen molar-refractivity contribution < 1.29 is 28.6 Å². The number of hydrogen-bond donors (Lipinski definition) is 2. The molecule has 3 aromatic carbocycles. The quantitative estimate of drug-likeness (QED) is 0.318. The average molecular weight is 478 g/mol. The largest absolute Gasteiger partial charge is 0.490 e. The average Bonchev–Trinajstić information content (AvgIpc) is 2.86. The van der Waals surface area contributed by atoms with E-state index in [9.17, 15) is 18.8 Å². The van der Waals surface area contributed by atoms with Gasteiger partial charge in [0.25, 0.3) is 5.91 Å². The summed E-state index contributed by atoms with van der Waals surface area (Å²) in [5, 5.41) is 13.9. The second kappa shape index (κ2) is 11.1. The molecule has 0 aromatic heterocycles. The van der Waals surface area contributed by atoms with E-state index >= 15 is 0 Å². The van der Waals surface area contributed by atoms with E-state index < -0.39 is 11.8 Å². The van der Waals surface area contributed by atoms with Crippen LogP contribution in [0.5, 0.6) is 5.75 Å². The molecule has 6 nitrogen and oxygen atoms in total. The molecule has 1 aliphatic carbocycles. The Labute approximate surface area is 203 Å². The van der Waals surface area contributed by atoms with Crippen molar-refractivity contribution in [1.29, 1.82) is 0 Å². The molecule has 0 atom stereocenters. The third-order valence-corrected chi connectivity index (χ3v) is 6.44. The smallest absolute Gasteiger partial charge is 0.306 e. The number of aliphatic carboxylic acids is 1. The number of benzene rings is 3. The van der Waals surface area contributed by atoms with Crippen LogP contribution in [0.4, 0.5) is 4.39 Å². The Balaban J connectivity index is 1.23. The van der Waals surface area contributed by atoms with Gasteiger partial charge >= 0.3 is 5.97 Å². The third-order valence-electron chi connectivity index (χ3n) is 6.44. The van der Waals surface area contributed by atoms with Crippen LogP contribution in [-0.4, -0.2) is 35.4 Å². The number of rotatable bonds is 9. The topological polar surface area (TPSA) is 92.7 Å². The second-order valence-electron chi connectivity index (χ2n) is 8.92. The van der Waals surface area contributed by atoms with Crippen LogP contribution in [0.15, 0.2) is 60.7 Å². The highest BCUT2D eigenvalue weighted by Crippen LogP contribution is 2.28. The molecule has 0 aliphatic heterocycles. The van der Waals surface area contributed by atoms with Gasteiger partial charge in [-0.25, -0.2) is 4.39 Å². The molecule has 182 valence electrons. The Morgan fingerprint density at radius 1 is 0.943 bits per heavy atom. The first kappa shape index (κ1) is 24.4. The van der Waals surface area contributed by atoms with Gasteiger partial charge in [-0.2, -0.15) is 0 Å². The van der Waals surface area contributed by atoms with Crippen molar-refractivity contribution in [3.05, 3.63) is 77.6 Å². The van der Waals surface area contributed by atoms with Crippen molar-refractivity contribution in [3.63, 3.8) is 0 Å². The number of ether oxygens (including phenoxy) is 1. The van der Waals surface area contributed by atoms with Crippen molar-refractivity contribution in [1.82, 2.24) is 5.32 Å². The van der Waals surface area contributed by atoms with E-state index in [2.05, 4.69) is 5.32 Å². The first-order valence-electron chi connectivity index (χ1n) is 11.9. The van der Waals surface area contributed by atoms with Crippen LogP contribution in [0.1, 0.15) is 59.2 Å². The monoisotopic (exact) mass is 477 g/mol. The van der Waals surface area contributed by atoms with Gasteiger partial charge in [0.2, 0.25) is 0 Å². The van der Waals surface area contributed by atoms with Crippen LogP contribution in [0.3, 0.4) is 0 Å². The lowest BCUT2D eigenvalue weighted by molar-refractivity contribution is -0.143. The number of amides is 1. The van der Waals surface area contributed by atoms with Crippen molar-refractivity contribution in [2.24, 2.45) is 5.92 Å². The highest BCUT2D eigenvalue weighted by Gasteiger charge is 2.27. The van der Waals surface area contributed by atoms with E-state index in [1.165, 1.54) is 12.1 Å². The van der Waals surface area contributed by atoms with Crippen LogP contribution in [-0.2, 0) is 4.79 Å². The van der Waals surface area contributed by atoms with Crippen LogP contribution in [0.2, 0.25) is 0 Å². The van der Waals surface area contributed by atoms with Crippen LogP contribution in [0.25, 0.3) is 10.8 Å². The number of nitrogens with one attached hydrogen (secondary N) is 1. The van der Waals surface area contributed by atoms with Gasteiger partial charge in [0.15, 0.2) is 5.78 Å². The maximum absolute atomic E-state index is 14.6. The number of Topliss-reactive ketones (excluding diaryl/α,β-unsaturated/α-hetero) is 1.